The third-order valence-corrected chi connectivity index (χ3v) is 4.69. The number of rotatable bonds is 9. The quantitative estimate of drug-likeness (QED) is 0.560. The van der Waals surface area contributed by atoms with Crippen molar-refractivity contribution in [2.75, 3.05) is 33.2 Å². The van der Waals surface area contributed by atoms with Crippen molar-refractivity contribution in [2.24, 2.45) is 5.73 Å². The molecule has 0 unspecified atom stereocenters. The van der Waals surface area contributed by atoms with Crippen LogP contribution in [0.2, 0.25) is 0 Å². The fourth-order valence-electron chi connectivity index (χ4n) is 3.13. The molecule has 1 aromatic carbocycles. The Kier molecular flexibility index (Phi) is 7.06. The van der Waals surface area contributed by atoms with Gasteiger partial charge in [0, 0.05) is 29.9 Å². The van der Waals surface area contributed by atoms with E-state index in [1.807, 2.05) is 42.5 Å². The Balaban J connectivity index is 1.69. The van der Waals surface area contributed by atoms with Crippen LogP contribution in [0.15, 0.2) is 54.9 Å². The Morgan fingerprint density at radius 2 is 1.86 bits per heavy atom. The van der Waals surface area contributed by atoms with E-state index in [1.54, 1.807) is 12.4 Å². The lowest BCUT2D eigenvalue weighted by Gasteiger charge is -2.16. The van der Waals surface area contributed by atoms with Crippen LogP contribution in [0.4, 0.5) is 0 Å². The Bertz CT molecular complexity index is 913. The molecule has 0 saturated carbocycles. The number of carbonyl (C=O) groups excluding carboxylic acids is 1. The van der Waals surface area contributed by atoms with E-state index in [0.717, 1.165) is 48.1 Å². The summed E-state index contributed by atoms with van der Waals surface area (Å²) >= 11 is 0. The number of para-hydroxylation sites is 1. The van der Waals surface area contributed by atoms with Gasteiger partial charge in [0.25, 0.3) is 5.91 Å². The van der Waals surface area contributed by atoms with Crippen molar-refractivity contribution in [3.63, 3.8) is 0 Å². The predicted octanol–water partition coefficient (Wildman–Crippen LogP) is 2.70. The third-order valence-electron chi connectivity index (χ3n) is 4.69. The van der Waals surface area contributed by atoms with E-state index < -0.39 is 0 Å². The fourth-order valence-corrected chi connectivity index (χ4v) is 3.13. The number of nitrogens with one attached hydrogen (secondary N) is 1. The number of amides is 1. The van der Waals surface area contributed by atoms with E-state index in [-0.39, 0.29) is 5.91 Å². The van der Waals surface area contributed by atoms with Gasteiger partial charge in [-0.05, 0) is 63.8 Å². The molecule has 0 atom stereocenters. The zero-order valence-corrected chi connectivity index (χ0v) is 16.3. The second-order valence-electron chi connectivity index (χ2n) is 6.86. The highest BCUT2D eigenvalue weighted by molar-refractivity contribution is 6.05. The maximum Gasteiger partial charge on any atom is 0.253 e. The lowest BCUT2D eigenvalue weighted by atomic mass is 10.1. The van der Waals surface area contributed by atoms with Gasteiger partial charge in [0.05, 0.1) is 16.8 Å². The molecule has 3 N–H and O–H groups in total. The minimum Gasteiger partial charge on any atom is -0.352 e. The molecular weight excluding hydrogens is 350 g/mol. The van der Waals surface area contributed by atoms with Gasteiger partial charge >= 0.3 is 0 Å². The minimum absolute atomic E-state index is 0.0883. The average Bonchev–Trinajstić information content (AvgIpc) is 2.75. The maximum absolute atomic E-state index is 12.7. The van der Waals surface area contributed by atoms with Gasteiger partial charge in [-0.2, -0.15) is 0 Å². The summed E-state index contributed by atoms with van der Waals surface area (Å²) in [5.41, 5.74) is 8.66. The molecule has 3 aromatic rings. The molecule has 0 aliphatic heterocycles. The van der Waals surface area contributed by atoms with Crippen LogP contribution >= 0.6 is 0 Å². The van der Waals surface area contributed by atoms with E-state index in [1.165, 1.54) is 0 Å². The first-order valence-corrected chi connectivity index (χ1v) is 9.66. The zero-order chi connectivity index (χ0) is 19.8. The number of carbonyl (C=O) groups is 1. The molecule has 146 valence electrons. The fraction of sp³-hybridized carbons (Fsp3) is 0.318. The molecule has 0 aliphatic carbocycles. The average molecular weight is 377 g/mol. The molecule has 28 heavy (non-hydrogen) atoms. The Labute approximate surface area is 165 Å². The largest absolute Gasteiger partial charge is 0.352 e. The lowest BCUT2D eigenvalue weighted by molar-refractivity contribution is 0.0953. The molecule has 0 radical (unpaired) electrons. The number of fused-ring (bicyclic) bond motifs is 1. The van der Waals surface area contributed by atoms with Gasteiger partial charge in [0.1, 0.15) is 0 Å². The highest BCUT2D eigenvalue weighted by atomic mass is 16.1. The Hall–Kier alpha value is -2.83. The van der Waals surface area contributed by atoms with Gasteiger partial charge in [0.15, 0.2) is 0 Å². The Morgan fingerprint density at radius 3 is 2.64 bits per heavy atom. The molecule has 0 spiro atoms. The molecule has 6 heteroatoms. The van der Waals surface area contributed by atoms with Crippen LogP contribution in [0.1, 0.15) is 23.2 Å². The summed E-state index contributed by atoms with van der Waals surface area (Å²) in [7, 11) is 2.08. The Morgan fingerprint density at radius 1 is 1.07 bits per heavy atom. The van der Waals surface area contributed by atoms with Gasteiger partial charge in [0.2, 0.25) is 0 Å². The normalized spacial score (nSPS) is 11.1. The summed E-state index contributed by atoms with van der Waals surface area (Å²) in [4.78, 5) is 23.8. The van der Waals surface area contributed by atoms with E-state index in [4.69, 9.17) is 10.7 Å². The van der Waals surface area contributed by atoms with Crippen molar-refractivity contribution < 1.29 is 4.79 Å². The standard InChI is InChI=1S/C22H27N5O/c1-27(15-3-11-23)16-4-12-25-22(28)19-6-2-5-18-7-8-20(26-21(18)19)17-9-13-24-14-10-17/h2,5-10,13-14H,3-4,11-12,15-16,23H2,1H3,(H,25,28). The molecule has 0 fully saturated rings. The van der Waals surface area contributed by atoms with Crippen molar-refractivity contribution >= 4 is 16.8 Å². The van der Waals surface area contributed by atoms with E-state index >= 15 is 0 Å². The van der Waals surface area contributed by atoms with Crippen molar-refractivity contribution in [1.29, 1.82) is 0 Å². The molecule has 0 aliphatic rings. The topological polar surface area (TPSA) is 84.1 Å². The summed E-state index contributed by atoms with van der Waals surface area (Å²) in [5, 5.41) is 3.97. The molecular formula is C22H27N5O. The number of aromatic nitrogens is 2. The number of benzene rings is 1. The highest BCUT2D eigenvalue weighted by Gasteiger charge is 2.12. The smallest absolute Gasteiger partial charge is 0.253 e. The van der Waals surface area contributed by atoms with Crippen molar-refractivity contribution in [2.45, 2.75) is 12.8 Å². The minimum atomic E-state index is -0.0883. The van der Waals surface area contributed by atoms with Gasteiger partial charge in [-0.1, -0.05) is 18.2 Å². The molecule has 1 amide bonds. The van der Waals surface area contributed by atoms with Crippen LogP contribution in [-0.4, -0.2) is 54.0 Å². The first kappa shape index (κ1) is 19.9. The first-order chi connectivity index (χ1) is 13.7. The second kappa shape index (κ2) is 9.92. The van der Waals surface area contributed by atoms with E-state index in [2.05, 4.69) is 22.2 Å². The van der Waals surface area contributed by atoms with Crippen LogP contribution < -0.4 is 11.1 Å². The van der Waals surface area contributed by atoms with Crippen LogP contribution in [-0.2, 0) is 0 Å². The molecule has 2 aromatic heterocycles. The van der Waals surface area contributed by atoms with Crippen LogP contribution in [0, 0.1) is 0 Å². The molecule has 3 rings (SSSR count). The summed E-state index contributed by atoms with van der Waals surface area (Å²) in [6.07, 6.45) is 5.37. The number of nitrogens with zero attached hydrogens (tertiary/aromatic N) is 3. The van der Waals surface area contributed by atoms with Gasteiger partial charge < -0.3 is 16.0 Å². The molecule has 6 nitrogen and oxygen atoms in total. The van der Waals surface area contributed by atoms with E-state index in [0.29, 0.717) is 18.7 Å². The molecule has 2 heterocycles. The summed E-state index contributed by atoms with van der Waals surface area (Å²) in [6.45, 7) is 3.25. The van der Waals surface area contributed by atoms with Gasteiger partial charge in [-0.25, -0.2) is 4.98 Å². The van der Waals surface area contributed by atoms with Gasteiger partial charge in [-0.3, -0.25) is 9.78 Å². The maximum atomic E-state index is 12.7. The summed E-state index contributed by atoms with van der Waals surface area (Å²) in [6, 6.07) is 13.5. The van der Waals surface area contributed by atoms with Crippen LogP contribution in [0.25, 0.3) is 22.2 Å². The second-order valence-corrected chi connectivity index (χ2v) is 6.86. The van der Waals surface area contributed by atoms with Crippen LogP contribution in [0.5, 0.6) is 0 Å². The summed E-state index contributed by atoms with van der Waals surface area (Å²) in [5.74, 6) is -0.0883. The predicted molar refractivity (Wildman–Crippen MR) is 113 cm³/mol. The zero-order valence-electron chi connectivity index (χ0n) is 16.3. The highest BCUT2D eigenvalue weighted by Crippen LogP contribution is 2.22. The van der Waals surface area contributed by atoms with E-state index in [9.17, 15) is 4.79 Å². The number of nitrogens with two attached hydrogens (primary N) is 1. The monoisotopic (exact) mass is 377 g/mol. The van der Waals surface area contributed by atoms with Crippen molar-refractivity contribution in [1.82, 2.24) is 20.2 Å². The molecule has 0 bridgehead atoms. The number of hydrogen-bond acceptors (Lipinski definition) is 5. The van der Waals surface area contributed by atoms with Crippen molar-refractivity contribution in [3.05, 3.63) is 60.4 Å². The number of hydrogen-bond donors (Lipinski definition) is 2. The van der Waals surface area contributed by atoms with Gasteiger partial charge in [-0.15, -0.1) is 0 Å². The third kappa shape index (κ3) is 5.12. The molecule has 0 saturated heterocycles. The first-order valence-electron chi connectivity index (χ1n) is 9.66. The van der Waals surface area contributed by atoms with Crippen molar-refractivity contribution in [3.8, 4) is 11.3 Å². The summed E-state index contributed by atoms with van der Waals surface area (Å²) < 4.78 is 0. The SMILES string of the molecule is CN(CCCN)CCCNC(=O)c1cccc2ccc(-c3ccncc3)nc12. The lowest BCUT2D eigenvalue weighted by Crippen LogP contribution is -2.29. The van der Waals surface area contributed by atoms with Crippen LogP contribution in [0.3, 0.4) is 0 Å². The number of pyridine rings is 2.